The van der Waals surface area contributed by atoms with Crippen LogP contribution in [0.5, 0.6) is 0 Å². The fourth-order valence-electron chi connectivity index (χ4n) is 3.65. The standard InChI is InChI=1S/C24H29N3O6/c1-4-16(2)19-7-5-6-8-20(19)25-23(28)17(3)33-24(29)18-9-10-21(22(15-18)27(30)31)26-11-13-32-14-12-26/h5-10,15-17H,4,11-14H2,1-3H3,(H,25,28)/t16-,17+/m0/s1. The van der Waals surface area contributed by atoms with Gasteiger partial charge in [0.1, 0.15) is 5.69 Å². The molecule has 2 aromatic rings. The summed E-state index contributed by atoms with van der Waals surface area (Å²) in [4.78, 5) is 38.2. The zero-order chi connectivity index (χ0) is 24.0. The van der Waals surface area contributed by atoms with Crippen LogP contribution in [0, 0.1) is 10.1 Å². The first kappa shape index (κ1) is 24.2. The molecular weight excluding hydrogens is 426 g/mol. The number of carbonyl (C=O) groups is 2. The van der Waals surface area contributed by atoms with Gasteiger partial charge < -0.3 is 19.7 Å². The Balaban J connectivity index is 1.71. The Morgan fingerprint density at radius 2 is 1.88 bits per heavy atom. The first-order chi connectivity index (χ1) is 15.8. The quantitative estimate of drug-likeness (QED) is 0.362. The molecule has 0 radical (unpaired) electrons. The van der Waals surface area contributed by atoms with Crippen molar-refractivity contribution in [3.63, 3.8) is 0 Å². The van der Waals surface area contributed by atoms with Gasteiger partial charge in [0.2, 0.25) is 0 Å². The maximum absolute atomic E-state index is 12.7. The van der Waals surface area contributed by atoms with E-state index in [1.54, 1.807) is 0 Å². The smallest absolute Gasteiger partial charge is 0.339 e. The first-order valence-electron chi connectivity index (χ1n) is 11.0. The van der Waals surface area contributed by atoms with Crippen molar-refractivity contribution in [2.75, 3.05) is 36.5 Å². The van der Waals surface area contributed by atoms with Gasteiger partial charge in [0.15, 0.2) is 6.10 Å². The Morgan fingerprint density at radius 3 is 2.55 bits per heavy atom. The van der Waals surface area contributed by atoms with Gasteiger partial charge in [0, 0.05) is 24.8 Å². The minimum Gasteiger partial charge on any atom is -0.449 e. The second kappa shape index (κ2) is 10.9. The van der Waals surface area contributed by atoms with E-state index in [1.165, 1.54) is 25.1 Å². The molecule has 1 fully saturated rings. The number of morpholine rings is 1. The number of nitro groups is 1. The molecule has 1 saturated heterocycles. The lowest BCUT2D eigenvalue weighted by atomic mass is 9.97. The van der Waals surface area contributed by atoms with E-state index >= 15 is 0 Å². The van der Waals surface area contributed by atoms with E-state index in [2.05, 4.69) is 19.2 Å². The summed E-state index contributed by atoms with van der Waals surface area (Å²) in [7, 11) is 0. The zero-order valence-electron chi connectivity index (χ0n) is 19.1. The highest BCUT2D eigenvalue weighted by Crippen LogP contribution is 2.30. The Hall–Kier alpha value is -3.46. The molecule has 0 saturated carbocycles. The molecule has 1 aliphatic heterocycles. The molecule has 2 aromatic carbocycles. The zero-order valence-corrected chi connectivity index (χ0v) is 19.1. The van der Waals surface area contributed by atoms with Crippen LogP contribution < -0.4 is 10.2 Å². The number of benzene rings is 2. The van der Waals surface area contributed by atoms with Crippen LogP contribution >= 0.6 is 0 Å². The van der Waals surface area contributed by atoms with E-state index in [9.17, 15) is 19.7 Å². The topological polar surface area (TPSA) is 111 Å². The number of esters is 1. The van der Waals surface area contributed by atoms with E-state index in [4.69, 9.17) is 9.47 Å². The third-order valence-electron chi connectivity index (χ3n) is 5.77. The maximum Gasteiger partial charge on any atom is 0.339 e. The number of hydrogen-bond acceptors (Lipinski definition) is 7. The number of nitrogens with zero attached hydrogens (tertiary/aromatic N) is 2. The van der Waals surface area contributed by atoms with Crippen LogP contribution in [-0.4, -0.2) is 49.2 Å². The van der Waals surface area contributed by atoms with Gasteiger partial charge in [-0.3, -0.25) is 14.9 Å². The second-order valence-corrected chi connectivity index (χ2v) is 7.99. The molecule has 0 aromatic heterocycles. The van der Waals surface area contributed by atoms with Crippen molar-refractivity contribution < 1.29 is 24.0 Å². The van der Waals surface area contributed by atoms with Crippen molar-refractivity contribution >= 4 is 28.9 Å². The average Bonchev–Trinajstić information content (AvgIpc) is 2.83. The molecule has 1 aliphatic rings. The molecule has 0 unspecified atom stereocenters. The number of para-hydroxylation sites is 1. The van der Waals surface area contributed by atoms with Crippen LogP contribution in [0.1, 0.15) is 49.0 Å². The van der Waals surface area contributed by atoms with Crippen LogP contribution in [-0.2, 0) is 14.3 Å². The Bertz CT molecular complexity index is 1020. The lowest BCUT2D eigenvalue weighted by Gasteiger charge is -2.28. The van der Waals surface area contributed by atoms with Gasteiger partial charge in [-0.25, -0.2) is 4.79 Å². The highest BCUT2D eigenvalue weighted by molar-refractivity contribution is 5.98. The fourth-order valence-corrected chi connectivity index (χ4v) is 3.65. The van der Waals surface area contributed by atoms with Gasteiger partial charge in [0.05, 0.1) is 23.7 Å². The van der Waals surface area contributed by atoms with Crippen molar-refractivity contribution in [2.24, 2.45) is 0 Å². The van der Waals surface area contributed by atoms with Crippen LogP contribution in [0.2, 0.25) is 0 Å². The van der Waals surface area contributed by atoms with Crippen molar-refractivity contribution in [3.05, 3.63) is 63.7 Å². The van der Waals surface area contributed by atoms with Gasteiger partial charge in [-0.05, 0) is 43.0 Å². The molecule has 0 spiro atoms. The predicted octanol–water partition coefficient (Wildman–Crippen LogP) is 4.13. The van der Waals surface area contributed by atoms with Crippen LogP contribution in [0.3, 0.4) is 0 Å². The molecule has 3 rings (SSSR count). The summed E-state index contributed by atoms with van der Waals surface area (Å²) in [5, 5.41) is 14.4. The molecule has 1 N–H and O–H groups in total. The lowest BCUT2D eigenvalue weighted by Crippen LogP contribution is -2.36. The summed E-state index contributed by atoms with van der Waals surface area (Å²) in [5.74, 6) is -1.02. The molecule has 1 heterocycles. The van der Waals surface area contributed by atoms with Crippen molar-refractivity contribution in [3.8, 4) is 0 Å². The lowest BCUT2D eigenvalue weighted by molar-refractivity contribution is -0.384. The molecule has 9 nitrogen and oxygen atoms in total. The van der Waals surface area contributed by atoms with Gasteiger partial charge in [-0.2, -0.15) is 0 Å². The molecule has 176 valence electrons. The summed E-state index contributed by atoms with van der Waals surface area (Å²) >= 11 is 0. The summed E-state index contributed by atoms with van der Waals surface area (Å²) in [5.41, 5.74) is 1.92. The largest absolute Gasteiger partial charge is 0.449 e. The van der Waals surface area contributed by atoms with Crippen molar-refractivity contribution in [1.29, 1.82) is 0 Å². The number of amides is 1. The third-order valence-corrected chi connectivity index (χ3v) is 5.77. The second-order valence-electron chi connectivity index (χ2n) is 7.99. The summed E-state index contributed by atoms with van der Waals surface area (Å²) in [6.45, 7) is 7.62. The van der Waals surface area contributed by atoms with Gasteiger partial charge >= 0.3 is 5.97 Å². The van der Waals surface area contributed by atoms with Crippen LogP contribution in [0.25, 0.3) is 0 Å². The predicted molar refractivity (Wildman–Crippen MR) is 125 cm³/mol. The number of carbonyl (C=O) groups excluding carboxylic acids is 2. The Morgan fingerprint density at radius 1 is 1.18 bits per heavy atom. The number of rotatable bonds is 8. The van der Waals surface area contributed by atoms with Gasteiger partial charge in [-0.15, -0.1) is 0 Å². The summed E-state index contributed by atoms with van der Waals surface area (Å²) < 4.78 is 10.6. The number of hydrogen-bond donors (Lipinski definition) is 1. The molecular formula is C24H29N3O6. The molecule has 0 bridgehead atoms. The average molecular weight is 456 g/mol. The highest BCUT2D eigenvalue weighted by Gasteiger charge is 2.26. The molecule has 9 heteroatoms. The van der Waals surface area contributed by atoms with Crippen LogP contribution in [0.15, 0.2) is 42.5 Å². The van der Waals surface area contributed by atoms with E-state index in [0.717, 1.165) is 12.0 Å². The maximum atomic E-state index is 12.7. The minimum absolute atomic E-state index is 0.0124. The number of anilines is 2. The van der Waals surface area contributed by atoms with E-state index in [1.807, 2.05) is 29.2 Å². The number of nitro benzene ring substituents is 1. The highest BCUT2D eigenvalue weighted by atomic mass is 16.6. The molecule has 0 aliphatic carbocycles. The van der Waals surface area contributed by atoms with Crippen molar-refractivity contribution in [1.82, 2.24) is 0 Å². The fraction of sp³-hybridized carbons (Fsp3) is 0.417. The SMILES string of the molecule is CC[C@H](C)c1ccccc1NC(=O)[C@@H](C)OC(=O)c1ccc(N2CCOCC2)c([N+](=O)[O-])c1. The number of ether oxygens (including phenoxy) is 2. The number of nitrogens with one attached hydrogen (secondary N) is 1. The normalized spacial score (nSPS) is 15.4. The van der Waals surface area contributed by atoms with Gasteiger partial charge in [0.25, 0.3) is 11.6 Å². The molecule has 1 amide bonds. The monoisotopic (exact) mass is 455 g/mol. The first-order valence-corrected chi connectivity index (χ1v) is 11.0. The third kappa shape index (κ3) is 5.87. The molecule has 2 atom stereocenters. The van der Waals surface area contributed by atoms with Crippen molar-refractivity contribution in [2.45, 2.75) is 39.2 Å². The van der Waals surface area contributed by atoms with Crippen LogP contribution in [0.4, 0.5) is 17.1 Å². The van der Waals surface area contributed by atoms with Gasteiger partial charge in [-0.1, -0.05) is 32.0 Å². The minimum atomic E-state index is -1.08. The van der Waals surface area contributed by atoms with E-state index in [0.29, 0.717) is 37.7 Å². The Labute approximate surface area is 192 Å². The van der Waals surface area contributed by atoms with E-state index < -0.39 is 22.9 Å². The van der Waals surface area contributed by atoms with E-state index in [-0.39, 0.29) is 17.2 Å². The summed E-state index contributed by atoms with van der Waals surface area (Å²) in [6.07, 6.45) is -0.170. The Kier molecular flexibility index (Phi) is 8.00. The summed E-state index contributed by atoms with van der Waals surface area (Å²) in [6, 6.07) is 11.7. The molecule has 33 heavy (non-hydrogen) atoms.